The van der Waals surface area contributed by atoms with Crippen molar-refractivity contribution < 1.29 is 0 Å². The molecule has 2 rings (SSSR count). The number of nitrogen functional groups attached to an aromatic ring is 1. The van der Waals surface area contributed by atoms with Gasteiger partial charge in [0.15, 0.2) is 0 Å². The fourth-order valence-electron chi connectivity index (χ4n) is 1.83. The van der Waals surface area contributed by atoms with Crippen molar-refractivity contribution in [2.45, 2.75) is 40.0 Å². The van der Waals surface area contributed by atoms with E-state index in [0.717, 1.165) is 11.4 Å². The molecular weight excluding hydrogens is 222 g/mol. The number of aryl methyl sites for hydroxylation is 2. The lowest BCUT2D eigenvalue weighted by Crippen LogP contribution is -2.12. The first-order valence-corrected chi connectivity index (χ1v) is 6.22. The van der Waals surface area contributed by atoms with E-state index in [9.17, 15) is 0 Å². The van der Waals surface area contributed by atoms with E-state index in [-0.39, 0.29) is 5.41 Å². The zero-order valence-electron chi connectivity index (χ0n) is 11.8. The Bertz CT molecular complexity index is 574. The predicted molar refractivity (Wildman–Crippen MR) is 76.2 cm³/mol. The van der Waals surface area contributed by atoms with Crippen molar-refractivity contribution >= 4 is 5.82 Å². The van der Waals surface area contributed by atoms with Gasteiger partial charge in [0.1, 0.15) is 5.82 Å². The Labute approximate surface area is 109 Å². The van der Waals surface area contributed by atoms with Crippen molar-refractivity contribution in [3.05, 3.63) is 41.1 Å². The van der Waals surface area contributed by atoms with Crippen LogP contribution in [0, 0.1) is 13.8 Å². The smallest absolute Gasteiger partial charge is 0.127 e. The number of benzene rings is 1. The molecule has 3 nitrogen and oxygen atoms in total. The van der Waals surface area contributed by atoms with Gasteiger partial charge in [0.05, 0.1) is 11.4 Å². The maximum atomic E-state index is 6.06. The summed E-state index contributed by atoms with van der Waals surface area (Å²) in [6.45, 7) is 10.6. The monoisotopic (exact) mass is 243 g/mol. The molecule has 0 saturated heterocycles. The summed E-state index contributed by atoms with van der Waals surface area (Å²) in [4.78, 5) is 0. The molecule has 0 radical (unpaired) electrons. The Morgan fingerprint density at radius 2 is 1.72 bits per heavy atom. The highest BCUT2D eigenvalue weighted by molar-refractivity contribution is 5.46. The summed E-state index contributed by atoms with van der Waals surface area (Å²) >= 11 is 0. The first-order valence-electron chi connectivity index (χ1n) is 6.22. The Morgan fingerprint density at radius 1 is 1.06 bits per heavy atom. The molecule has 0 saturated carbocycles. The van der Waals surface area contributed by atoms with Gasteiger partial charge in [-0.2, -0.15) is 5.10 Å². The van der Waals surface area contributed by atoms with Gasteiger partial charge in [0, 0.05) is 11.5 Å². The second-order valence-electron chi connectivity index (χ2n) is 5.88. The molecule has 1 heterocycles. The highest BCUT2D eigenvalue weighted by Gasteiger charge is 2.19. The van der Waals surface area contributed by atoms with Crippen molar-refractivity contribution in [2.75, 3.05) is 5.73 Å². The Morgan fingerprint density at radius 3 is 2.22 bits per heavy atom. The van der Waals surface area contributed by atoms with Gasteiger partial charge in [0.2, 0.25) is 0 Å². The summed E-state index contributed by atoms with van der Waals surface area (Å²) in [6, 6.07) is 8.22. The van der Waals surface area contributed by atoms with Crippen molar-refractivity contribution in [1.82, 2.24) is 9.78 Å². The van der Waals surface area contributed by atoms with Crippen molar-refractivity contribution in [1.29, 1.82) is 0 Å². The molecule has 0 spiro atoms. The van der Waals surface area contributed by atoms with Crippen LogP contribution in [0.4, 0.5) is 5.82 Å². The standard InChI is InChI=1S/C15H21N3/c1-10-6-7-12(8-11(10)2)18-14(16)9-13(17-18)15(3,4)5/h6-9H,16H2,1-5H3. The number of anilines is 1. The second-order valence-corrected chi connectivity index (χ2v) is 5.88. The molecule has 0 fully saturated rings. The van der Waals surface area contributed by atoms with Gasteiger partial charge in [0.25, 0.3) is 0 Å². The van der Waals surface area contributed by atoms with E-state index >= 15 is 0 Å². The van der Waals surface area contributed by atoms with Crippen LogP contribution in [0.5, 0.6) is 0 Å². The van der Waals surface area contributed by atoms with E-state index in [1.165, 1.54) is 11.1 Å². The normalized spacial score (nSPS) is 11.8. The fraction of sp³-hybridized carbons (Fsp3) is 0.400. The molecule has 0 aliphatic rings. The van der Waals surface area contributed by atoms with E-state index < -0.39 is 0 Å². The van der Waals surface area contributed by atoms with Crippen molar-refractivity contribution in [2.24, 2.45) is 0 Å². The summed E-state index contributed by atoms with van der Waals surface area (Å²) < 4.78 is 1.81. The second kappa shape index (κ2) is 4.16. The lowest BCUT2D eigenvalue weighted by atomic mass is 9.92. The van der Waals surface area contributed by atoms with Gasteiger partial charge < -0.3 is 5.73 Å². The Hall–Kier alpha value is -1.77. The zero-order valence-corrected chi connectivity index (χ0v) is 11.8. The average Bonchev–Trinajstić information content (AvgIpc) is 2.64. The van der Waals surface area contributed by atoms with Crippen LogP contribution in [0.3, 0.4) is 0 Å². The summed E-state index contributed by atoms with van der Waals surface area (Å²) in [5.74, 6) is 0.683. The lowest BCUT2D eigenvalue weighted by molar-refractivity contribution is 0.560. The van der Waals surface area contributed by atoms with E-state index in [4.69, 9.17) is 5.73 Å². The number of hydrogen-bond acceptors (Lipinski definition) is 2. The zero-order chi connectivity index (χ0) is 13.5. The highest BCUT2D eigenvalue weighted by Crippen LogP contribution is 2.25. The molecule has 0 atom stereocenters. The number of hydrogen-bond donors (Lipinski definition) is 1. The number of aromatic nitrogens is 2. The molecule has 2 N–H and O–H groups in total. The average molecular weight is 243 g/mol. The third kappa shape index (κ3) is 2.26. The number of nitrogens with zero attached hydrogens (tertiary/aromatic N) is 2. The first-order chi connectivity index (χ1) is 8.29. The first kappa shape index (κ1) is 12.7. The van der Waals surface area contributed by atoms with Crippen LogP contribution < -0.4 is 5.73 Å². The van der Waals surface area contributed by atoms with Crippen LogP contribution in [0.1, 0.15) is 37.6 Å². The van der Waals surface area contributed by atoms with Crippen LogP contribution in [-0.2, 0) is 5.41 Å². The maximum Gasteiger partial charge on any atom is 0.127 e. The van der Waals surface area contributed by atoms with Gasteiger partial charge in [-0.05, 0) is 37.1 Å². The van der Waals surface area contributed by atoms with Crippen LogP contribution in [0.2, 0.25) is 0 Å². The van der Waals surface area contributed by atoms with E-state index in [0.29, 0.717) is 5.82 Å². The van der Waals surface area contributed by atoms with Gasteiger partial charge in [-0.25, -0.2) is 4.68 Å². The molecule has 0 amide bonds. The quantitative estimate of drug-likeness (QED) is 0.834. The molecule has 0 unspecified atom stereocenters. The van der Waals surface area contributed by atoms with Gasteiger partial charge in [-0.3, -0.25) is 0 Å². The molecular formula is C15H21N3. The number of rotatable bonds is 1. The molecule has 1 aromatic carbocycles. The number of nitrogens with two attached hydrogens (primary N) is 1. The molecule has 3 heteroatoms. The Balaban J connectivity index is 2.51. The fourth-order valence-corrected chi connectivity index (χ4v) is 1.83. The molecule has 0 aliphatic carbocycles. The maximum absolute atomic E-state index is 6.06. The predicted octanol–water partition coefficient (Wildman–Crippen LogP) is 3.37. The minimum absolute atomic E-state index is 0.0130. The molecule has 0 aliphatic heterocycles. The van der Waals surface area contributed by atoms with Crippen LogP contribution in [0.25, 0.3) is 5.69 Å². The summed E-state index contributed by atoms with van der Waals surface area (Å²) in [7, 11) is 0. The van der Waals surface area contributed by atoms with E-state index in [1.807, 2.05) is 10.7 Å². The molecule has 1 aromatic heterocycles. The molecule has 0 bridgehead atoms. The van der Waals surface area contributed by atoms with E-state index in [1.54, 1.807) is 0 Å². The van der Waals surface area contributed by atoms with Crippen molar-refractivity contribution in [3.8, 4) is 5.69 Å². The largest absolute Gasteiger partial charge is 0.384 e. The van der Waals surface area contributed by atoms with E-state index in [2.05, 4.69) is 57.9 Å². The van der Waals surface area contributed by atoms with Gasteiger partial charge in [-0.15, -0.1) is 0 Å². The highest BCUT2D eigenvalue weighted by atomic mass is 15.3. The summed E-state index contributed by atoms with van der Waals surface area (Å²) in [6.07, 6.45) is 0. The van der Waals surface area contributed by atoms with Crippen LogP contribution in [-0.4, -0.2) is 9.78 Å². The minimum Gasteiger partial charge on any atom is -0.384 e. The Kier molecular flexibility index (Phi) is 2.93. The molecule has 18 heavy (non-hydrogen) atoms. The van der Waals surface area contributed by atoms with Crippen LogP contribution >= 0.6 is 0 Å². The molecule has 96 valence electrons. The topological polar surface area (TPSA) is 43.8 Å². The van der Waals surface area contributed by atoms with Gasteiger partial charge >= 0.3 is 0 Å². The SMILES string of the molecule is Cc1ccc(-n2nc(C(C)(C)C)cc2N)cc1C. The third-order valence-electron chi connectivity index (χ3n) is 3.24. The summed E-state index contributed by atoms with van der Waals surface area (Å²) in [5, 5.41) is 4.61. The summed E-state index contributed by atoms with van der Waals surface area (Å²) in [5.41, 5.74) is 10.6. The third-order valence-corrected chi connectivity index (χ3v) is 3.24. The minimum atomic E-state index is 0.0130. The molecule has 2 aromatic rings. The lowest BCUT2D eigenvalue weighted by Gasteiger charge is -2.14. The van der Waals surface area contributed by atoms with Crippen LogP contribution in [0.15, 0.2) is 24.3 Å². The van der Waals surface area contributed by atoms with Gasteiger partial charge in [-0.1, -0.05) is 26.8 Å². The van der Waals surface area contributed by atoms with Crippen molar-refractivity contribution in [3.63, 3.8) is 0 Å².